The number of carbonyl (C=O) groups is 1. The molecule has 7 nitrogen and oxygen atoms in total. The van der Waals surface area contributed by atoms with Crippen molar-refractivity contribution in [2.75, 3.05) is 23.3 Å². The lowest BCUT2D eigenvalue weighted by Gasteiger charge is -2.32. The highest BCUT2D eigenvalue weighted by Crippen LogP contribution is 2.30. The number of amides is 1. The Morgan fingerprint density at radius 3 is 2.46 bits per heavy atom. The molecular weight excluding hydrogens is 373 g/mol. The van der Waals surface area contributed by atoms with E-state index < -0.39 is 11.7 Å². The number of nitrogens with one attached hydrogen (secondary N) is 1. The van der Waals surface area contributed by atoms with E-state index in [1.165, 1.54) is 18.5 Å². The van der Waals surface area contributed by atoms with E-state index in [9.17, 15) is 18.0 Å². The maximum Gasteiger partial charge on any atom is 0.416 e. The van der Waals surface area contributed by atoms with Gasteiger partial charge in [0.25, 0.3) is 0 Å². The van der Waals surface area contributed by atoms with Crippen molar-refractivity contribution < 1.29 is 18.0 Å². The average molecular weight is 390 g/mol. The minimum atomic E-state index is -4.39. The number of aromatic nitrogens is 4. The van der Waals surface area contributed by atoms with E-state index in [4.69, 9.17) is 0 Å². The first kappa shape index (κ1) is 18.2. The van der Waals surface area contributed by atoms with E-state index in [0.29, 0.717) is 37.3 Å². The molecule has 10 heteroatoms. The molecule has 28 heavy (non-hydrogen) atoms. The van der Waals surface area contributed by atoms with Crippen LogP contribution in [0.3, 0.4) is 0 Å². The zero-order valence-corrected chi connectivity index (χ0v) is 14.7. The van der Waals surface area contributed by atoms with Crippen molar-refractivity contribution in [3.05, 3.63) is 48.3 Å². The largest absolute Gasteiger partial charge is 0.416 e. The van der Waals surface area contributed by atoms with Crippen molar-refractivity contribution in [1.29, 1.82) is 0 Å². The highest BCUT2D eigenvalue weighted by Gasteiger charge is 2.30. The Hall–Kier alpha value is -3.17. The number of hydrogen-bond donors (Lipinski definition) is 1. The maximum atomic E-state index is 12.6. The van der Waals surface area contributed by atoms with Crippen LogP contribution in [0.25, 0.3) is 5.65 Å². The number of anilines is 2. The van der Waals surface area contributed by atoms with Gasteiger partial charge in [0, 0.05) is 24.7 Å². The highest BCUT2D eigenvalue weighted by molar-refractivity contribution is 5.92. The van der Waals surface area contributed by atoms with Gasteiger partial charge >= 0.3 is 6.18 Å². The van der Waals surface area contributed by atoms with Crippen LogP contribution in [0.2, 0.25) is 0 Å². The minimum Gasteiger partial charge on any atom is -0.355 e. The Kier molecular flexibility index (Phi) is 4.62. The van der Waals surface area contributed by atoms with Gasteiger partial charge in [-0.25, -0.2) is 0 Å². The Morgan fingerprint density at radius 1 is 1.07 bits per heavy atom. The minimum absolute atomic E-state index is 0.179. The van der Waals surface area contributed by atoms with E-state index in [1.807, 2.05) is 12.1 Å². The van der Waals surface area contributed by atoms with Crippen molar-refractivity contribution >= 4 is 23.1 Å². The summed E-state index contributed by atoms with van der Waals surface area (Å²) in [6.45, 7) is 1.32. The maximum absolute atomic E-state index is 12.6. The van der Waals surface area contributed by atoms with Crippen LogP contribution < -0.4 is 10.2 Å². The Balaban J connectivity index is 1.34. The first-order valence-electron chi connectivity index (χ1n) is 8.80. The number of piperidine rings is 1. The van der Waals surface area contributed by atoms with Gasteiger partial charge in [-0.05, 0) is 49.2 Å². The van der Waals surface area contributed by atoms with E-state index in [1.54, 1.807) is 4.52 Å². The molecule has 0 saturated carbocycles. The summed E-state index contributed by atoms with van der Waals surface area (Å²) in [7, 11) is 0. The molecule has 1 aliphatic rings. The summed E-state index contributed by atoms with van der Waals surface area (Å²) in [4.78, 5) is 14.5. The fourth-order valence-electron chi connectivity index (χ4n) is 3.24. The molecular formula is C18H17F3N6O. The van der Waals surface area contributed by atoms with Crippen LogP contribution in [0.1, 0.15) is 18.4 Å². The van der Waals surface area contributed by atoms with Crippen LogP contribution in [-0.4, -0.2) is 38.8 Å². The molecule has 2 aromatic heterocycles. The zero-order valence-electron chi connectivity index (χ0n) is 14.7. The summed E-state index contributed by atoms with van der Waals surface area (Å²) in [5.74, 6) is 0.410. The summed E-state index contributed by atoms with van der Waals surface area (Å²) >= 11 is 0. The van der Waals surface area contributed by atoms with Crippen molar-refractivity contribution in [2.24, 2.45) is 5.92 Å². The van der Waals surface area contributed by atoms with Gasteiger partial charge in [0.2, 0.25) is 5.91 Å². The van der Waals surface area contributed by atoms with Crippen LogP contribution >= 0.6 is 0 Å². The number of alkyl halides is 3. The summed E-state index contributed by atoms with van der Waals surface area (Å²) < 4.78 is 39.4. The predicted octanol–water partition coefficient (Wildman–Crippen LogP) is 3.00. The summed E-state index contributed by atoms with van der Waals surface area (Å²) in [6.07, 6.45) is -1.59. The molecule has 1 fully saturated rings. The first-order chi connectivity index (χ1) is 13.4. The molecule has 0 bridgehead atoms. The molecule has 0 radical (unpaired) electrons. The molecule has 3 heterocycles. The fraction of sp³-hybridized carbons (Fsp3) is 0.333. The van der Waals surface area contributed by atoms with Gasteiger partial charge in [-0.1, -0.05) is 0 Å². The van der Waals surface area contributed by atoms with Gasteiger partial charge in [0.1, 0.15) is 12.1 Å². The van der Waals surface area contributed by atoms with Crippen molar-refractivity contribution in [3.63, 3.8) is 0 Å². The number of halogens is 3. The molecule has 0 aliphatic carbocycles. The van der Waals surface area contributed by atoms with Crippen LogP contribution in [0, 0.1) is 5.92 Å². The van der Waals surface area contributed by atoms with Crippen molar-refractivity contribution in [3.8, 4) is 0 Å². The third kappa shape index (κ3) is 3.75. The third-order valence-corrected chi connectivity index (χ3v) is 4.82. The van der Waals surface area contributed by atoms with Crippen LogP contribution in [0.5, 0.6) is 0 Å². The van der Waals surface area contributed by atoms with Gasteiger partial charge in [0.15, 0.2) is 5.65 Å². The SMILES string of the molecule is O=C(Nc1ccc(C(F)(F)F)cc1)C1CCN(c2ccc3nncn3n2)CC1. The number of carbonyl (C=O) groups excluding carboxylic acids is 1. The number of nitrogens with zero attached hydrogens (tertiary/aromatic N) is 5. The number of rotatable bonds is 3. The quantitative estimate of drug-likeness (QED) is 0.744. The van der Waals surface area contributed by atoms with Gasteiger partial charge in [-0.2, -0.15) is 17.7 Å². The van der Waals surface area contributed by atoms with E-state index in [-0.39, 0.29) is 11.8 Å². The Bertz CT molecular complexity index is 977. The average Bonchev–Trinajstić information content (AvgIpc) is 3.15. The molecule has 1 aromatic carbocycles. The molecule has 1 amide bonds. The third-order valence-electron chi connectivity index (χ3n) is 4.82. The van der Waals surface area contributed by atoms with E-state index >= 15 is 0 Å². The molecule has 0 atom stereocenters. The molecule has 0 spiro atoms. The second kappa shape index (κ2) is 7.10. The Labute approximate surface area is 158 Å². The molecule has 3 aromatic rings. The van der Waals surface area contributed by atoms with Gasteiger partial charge in [-0.3, -0.25) is 4.79 Å². The molecule has 1 saturated heterocycles. The second-order valence-electron chi connectivity index (χ2n) is 6.65. The first-order valence-corrected chi connectivity index (χ1v) is 8.80. The molecule has 1 aliphatic heterocycles. The Morgan fingerprint density at radius 2 is 1.79 bits per heavy atom. The lowest BCUT2D eigenvalue weighted by molar-refractivity contribution is -0.137. The topological polar surface area (TPSA) is 75.4 Å². The molecule has 146 valence electrons. The lowest BCUT2D eigenvalue weighted by Crippen LogP contribution is -2.38. The molecule has 4 rings (SSSR count). The zero-order chi connectivity index (χ0) is 19.7. The predicted molar refractivity (Wildman–Crippen MR) is 95.8 cm³/mol. The molecule has 1 N–H and O–H groups in total. The number of fused-ring (bicyclic) bond motifs is 1. The fourth-order valence-corrected chi connectivity index (χ4v) is 3.24. The van der Waals surface area contributed by atoms with Crippen LogP contribution in [0.4, 0.5) is 24.7 Å². The second-order valence-corrected chi connectivity index (χ2v) is 6.65. The summed E-state index contributed by atoms with van der Waals surface area (Å²) in [5.41, 5.74) is 0.283. The number of benzene rings is 1. The highest BCUT2D eigenvalue weighted by atomic mass is 19.4. The van der Waals surface area contributed by atoms with Crippen LogP contribution in [0.15, 0.2) is 42.7 Å². The van der Waals surface area contributed by atoms with Crippen molar-refractivity contribution in [1.82, 2.24) is 19.8 Å². The van der Waals surface area contributed by atoms with E-state index in [0.717, 1.165) is 18.0 Å². The van der Waals surface area contributed by atoms with E-state index in [2.05, 4.69) is 25.5 Å². The van der Waals surface area contributed by atoms with Crippen LogP contribution in [-0.2, 0) is 11.0 Å². The normalized spacial score (nSPS) is 15.8. The standard InChI is InChI=1S/C18H17F3N6O/c19-18(20,21)13-1-3-14(4-2-13)23-17(28)12-7-9-26(10-8-12)16-6-5-15-24-22-11-27(15)25-16/h1-6,11-12H,7-10H2,(H,23,28). The monoisotopic (exact) mass is 390 g/mol. The number of hydrogen-bond acceptors (Lipinski definition) is 5. The summed E-state index contributed by atoms with van der Waals surface area (Å²) in [5, 5.41) is 14.9. The van der Waals surface area contributed by atoms with Gasteiger partial charge in [0.05, 0.1) is 5.56 Å². The van der Waals surface area contributed by atoms with Crippen molar-refractivity contribution in [2.45, 2.75) is 19.0 Å². The van der Waals surface area contributed by atoms with Gasteiger partial charge < -0.3 is 10.2 Å². The molecule has 0 unspecified atom stereocenters. The van der Waals surface area contributed by atoms with Gasteiger partial charge in [-0.15, -0.1) is 15.3 Å². The summed E-state index contributed by atoms with van der Waals surface area (Å²) in [6, 6.07) is 8.17. The lowest BCUT2D eigenvalue weighted by atomic mass is 9.95. The smallest absolute Gasteiger partial charge is 0.355 e.